The van der Waals surface area contributed by atoms with Crippen molar-refractivity contribution in [3.63, 3.8) is 0 Å². The van der Waals surface area contributed by atoms with Gasteiger partial charge in [0.15, 0.2) is 18.1 Å². The van der Waals surface area contributed by atoms with E-state index in [2.05, 4.69) is 5.32 Å². The lowest BCUT2D eigenvalue weighted by molar-refractivity contribution is -0.134. The van der Waals surface area contributed by atoms with Gasteiger partial charge in [0, 0.05) is 24.7 Å². The van der Waals surface area contributed by atoms with Crippen LogP contribution in [0.2, 0.25) is 0 Å². The normalized spacial score (nSPS) is 14.3. The Bertz CT molecular complexity index is 595. The van der Waals surface area contributed by atoms with Crippen molar-refractivity contribution < 1.29 is 19.1 Å². The highest BCUT2D eigenvalue weighted by atomic mass is 16.5. The third-order valence-electron chi connectivity index (χ3n) is 3.99. The van der Waals surface area contributed by atoms with Crippen LogP contribution in [0.15, 0.2) is 18.2 Å². The third kappa shape index (κ3) is 5.66. The van der Waals surface area contributed by atoms with Crippen molar-refractivity contribution in [1.82, 2.24) is 10.2 Å². The zero-order valence-corrected chi connectivity index (χ0v) is 15.3. The first-order valence-corrected chi connectivity index (χ1v) is 8.99. The van der Waals surface area contributed by atoms with Crippen LogP contribution in [0.5, 0.6) is 11.5 Å². The van der Waals surface area contributed by atoms with E-state index in [1.165, 1.54) is 6.42 Å². The van der Waals surface area contributed by atoms with Crippen LogP contribution in [0.3, 0.4) is 0 Å². The lowest BCUT2D eigenvalue weighted by Gasteiger charge is -2.26. The number of nitrogens with zero attached hydrogens (tertiary/aromatic N) is 1. The molecule has 1 aliphatic rings. The largest absolute Gasteiger partial charge is 0.490 e. The van der Waals surface area contributed by atoms with Gasteiger partial charge in [-0.25, -0.2) is 0 Å². The maximum absolute atomic E-state index is 12.2. The number of likely N-dealkylation sites (tertiary alicyclic amines) is 1. The summed E-state index contributed by atoms with van der Waals surface area (Å²) in [6.07, 6.45) is 3.28. The first kappa shape index (κ1) is 19.1. The summed E-state index contributed by atoms with van der Waals surface area (Å²) in [7, 11) is 0. The Morgan fingerprint density at radius 1 is 1.12 bits per heavy atom. The van der Waals surface area contributed by atoms with Crippen molar-refractivity contribution >= 4 is 11.8 Å². The molecule has 0 bridgehead atoms. The van der Waals surface area contributed by atoms with E-state index >= 15 is 0 Å². The van der Waals surface area contributed by atoms with Crippen molar-refractivity contribution in [3.8, 4) is 11.5 Å². The molecule has 0 spiro atoms. The summed E-state index contributed by atoms with van der Waals surface area (Å²) in [5.74, 6) is 0.786. The van der Waals surface area contributed by atoms with Crippen LogP contribution in [0.4, 0.5) is 0 Å². The maximum Gasteiger partial charge on any atom is 0.260 e. The van der Waals surface area contributed by atoms with Gasteiger partial charge in [0.25, 0.3) is 11.8 Å². The molecular weight excluding hydrogens is 320 g/mol. The fourth-order valence-electron chi connectivity index (χ4n) is 2.76. The van der Waals surface area contributed by atoms with E-state index in [0.29, 0.717) is 23.7 Å². The smallest absolute Gasteiger partial charge is 0.260 e. The van der Waals surface area contributed by atoms with Gasteiger partial charge in [-0.1, -0.05) is 0 Å². The lowest BCUT2D eigenvalue weighted by atomic mass is 10.1. The van der Waals surface area contributed by atoms with Crippen molar-refractivity contribution in [1.29, 1.82) is 0 Å². The Hall–Kier alpha value is -2.24. The Kier molecular flexibility index (Phi) is 7.10. The first-order chi connectivity index (χ1) is 12.0. The van der Waals surface area contributed by atoms with Gasteiger partial charge in [0.1, 0.15) is 0 Å². The number of hydrogen-bond donors (Lipinski definition) is 1. The van der Waals surface area contributed by atoms with Crippen molar-refractivity contribution in [2.24, 2.45) is 0 Å². The van der Waals surface area contributed by atoms with Crippen LogP contribution in [0.25, 0.3) is 0 Å². The second kappa shape index (κ2) is 9.30. The molecule has 0 radical (unpaired) electrons. The number of rotatable bonds is 7. The third-order valence-corrected chi connectivity index (χ3v) is 3.99. The van der Waals surface area contributed by atoms with Crippen molar-refractivity contribution in [2.45, 2.75) is 46.1 Å². The van der Waals surface area contributed by atoms with Gasteiger partial charge in [-0.05, 0) is 58.2 Å². The van der Waals surface area contributed by atoms with Gasteiger partial charge in [0.05, 0.1) is 6.61 Å². The number of piperidine rings is 1. The molecule has 6 heteroatoms. The van der Waals surface area contributed by atoms with E-state index in [9.17, 15) is 9.59 Å². The minimum Gasteiger partial charge on any atom is -0.490 e. The molecule has 1 saturated heterocycles. The minimum absolute atomic E-state index is 0.0104. The molecule has 1 N–H and O–H groups in total. The van der Waals surface area contributed by atoms with E-state index in [1.807, 2.05) is 25.7 Å². The molecule has 1 heterocycles. The van der Waals surface area contributed by atoms with Gasteiger partial charge >= 0.3 is 0 Å². The summed E-state index contributed by atoms with van der Waals surface area (Å²) >= 11 is 0. The average Bonchev–Trinajstić information content (AvgIpc) is 2.60. The molecule has 2 rings (SSSR count). The predicted octanol–water partition coefficient (Wildman–Crippen LogP) is 2.61. The Balaban J connectivity index is 2.03. The minimum atomic E-state index is -0.160. The van der Waals surface area contributed by atoms with E-state index in [0.717, 1.165) is 25.9 Å². The molecule has 0 aromatic heterocycles. The SMILES string of the molecule is CCOc1cc(C(=O)NC(C)C)ccc1OCC(=O)N1CCCCC1. The van der Waals surface area contributed by atoms with Crippen LogP contribution < -0.4 is 14.8 Å². The number of nitrogens with one attached hydrogen (secondary N) is 1. The molecule has 2 amide bonds. The van der Waals surface area contributed by atoms with Crippen LogP contribution >= 0.6 is 0 Å². The highest BCUT2D eigenvalue weighted by Crippen LogP contribution is 2.28. The number of amides is 2. The van der Waals surface area contributed by atoms with Crippen molar-refractivity contribution in [3.05, 3.63) is 23.8 Å². The van der Waals surface area contributed by atoms with Crippen LogP contribution in [0.1, 0.15) is 50.4 Å². The van der Waals surface area contributed by atoms with Gasteiger partial charge in [0.2, 0.25) is 0 Å². The summed E-state index contributed by atoms with van der Waals surface area (Å²) in [4.78, 5) is 26.2. The molecular formula is C19H28N2O4. The molecule has 1 aromatic carbocycles. The zero-order chi connectivity index (χ0) is 18.2. The summed E-state index contributed by atoms with van der Waals surface area (Å²) in [5, 5.41) is 2.84. The number of benzene rings is 1. The van der Waals surface area contributed by atoms with Gasteiger partial charge < -0.3 is 19.7 Å². The molecule has 1 aromatic rings. The standard InChI is InChI=1S/C19H28N2O4/c1-4-24-17-12-15(19(23)20-14(2)3)8-9-16(17)25-13-18(22)21-10-6-5-7-11-21/h8-9,12,14H,4-7,10-11,13H2,1-3H3,(H,20,23). The van der Waals surface area contributed by atoms with E-state index in [4.69, 9.17) is 9.47 Å². The molecule has 1 fully saturated rings. The molecule has 138 valence electrons. The zero-order valence-electron chi connectivity index (χ0n) is 15.3. The summed E-state index contributed by atoms with van der Waals surface area (Å²) < 4.78 is 11.3. The van der Waals surface area contributed by atoms with E-state index in [1.54, 1.807) is 18.2 Å². The van der Waals surface area contributed by atoms with Crippen LogP contribution in [-0.4, -0.2) is 49.1 Å². The van der Waals surface area contributed by atoms with E-state index < -0.39 is 0 Å². The second-order valence-electron chi connectivity index (χ2n) is 6.45. The van der Waals surface area contributed by atoms with Crippen LogP contribution in [-0.2, 0) is 4.79 Å². The number of carbonyl (C=O) groups excluding carboxylic acids is 2. The molecule has 6 nitrogen and oxygen atoms in total. The Labute approximate surface area is 149 Å². The summed E-state index contributed by atoms with van der Waals surface area (Å²) in [6, 6.07) is 5.08. The average molecular weight is 348 g/mol. The number of hydrogen-bond acceptors (Lipinski definition) is 4. The fraction of sp³-hybridized carbons (Fsp3) is 0.579. The second-order valence-corrected chi connectivity index (χ2v) is 6.45. The summed E-state index contributed by atoms with van der Waals surface area (Å²) in [5.41, 5.74) is 0.506. The Morgan fingerprint density at radius 2 is 1.84 bits per heavy atom. The van der Waals surface area contributed by atoms with Gasteiger partial charge in [-0.2, -0.15) is 0 Å². The quantitative estimate of drug-likeness (QED) is 0.822. The molecule has 25 heavy (non-hydrogen) atoms. The molecule has 0 saturated carbocycles. The summed E-state index contributed by atoms with van der Waals surface area (Å²) in [6.45, 7) is 7.71. The highest BCUT2D eigenvalue weighted by Gasteiger charge is 2.18. The topological polar surface area (TPSA) is 67.9 Å². The first-order valence-electron chi connectivity index (χ1n) is 8.99. The van der Waals surface area contributed by atoms with Crippen LogP contribution in [0, 0.1) is 0 Å². The predicted molar refractivity (Wildman–Crippen MR) is 96.1 cm³/mol. The lowest BCUT2D eigenvalue weighted by Crippen LogP contribution is -2.38. The number of ether oxygens (including phenoxy) is 2. The molecule has 0 unspecified atom stereocenters. The highest BCUT2D eigenvalue weighted by molar-refractivity contribution is 5.95. The Morgan fingerprint density at radius 3 is 2.48 bits per heavy atom. The maximum atomic E-state index is 12.2. The van der Waals surface area contributed by atoms with Crippen molar-refractivity contribution in [2.75, 3.05) is 26.3 Å². The number of carbonyl (C=O) groups is 2. The van der Waals surface area contributed by atoms with E-state index in [-0.39, 0.29) is 24.5 Å². The fourth-order valence-corrected chi connectivity index (χ4v) is 2.76. The van der Waals surface area contributed by atoms with Gasteiger partial charge in [-0.15, -0.1) is 0 Å². The molecule has 0 aliphatic carbocycles. The molecule has 1 aliphatic heterocycles. The molecule has 0 atom stereocenters. The monoisotopic (exact) mass is 348 g/mol. The van der Waals surface area contributed by atoms with Gasteiger partial charge in [-0.3, -0.25) is 9.59 Å².